The molecule has 110 valence electrons. The van der Waals surface area contributed by atoms with Crippen LogP contribution in [-0.4, -0.2) is 26.1 Å². The number of aliphatic hydroxyl groups is 1. The van der Waals surface area contributed by atoms with Crippen molar-refractivity contribution in [3.63, 3.8) is 0 Å². The molecule has 10 heteroatoms. The minimum absolute atomic E-state index is 0.0960. The standard InChI is InChI=1S/C8H20O8P2/c1-2-3-4-5-6-7-8(9)15-18(13,14)16-17(10,11)12/h8-9H,2-7H2,1H3,(H,13,14)(H2,10,11,12). The second-order valence-electron chi connectivity index (χ2n) is 3.80. The van der Waals surface area contributed by atoms with Gasteiger partial charge in [0.15, 0.2) is 6.29 Å². The molecule has 0 spiro atoms. The first-order valence-electron chi connectivity index (χ1n) is 5.62. The van der Waals surface area contributed by atoms with E-state index in [1.54, 1.807) is 0 Å². The van der Waals surface area contributed by atoms with Gasteiger partial charge in [-0.2, -0.15) is 4.31 Å². The molecule has 2 atom stereocenters. The summed E-state index contributed by atoms with van der Waals surface area (Å²) in [6.07, 6.45) is 3.05. The van der Waals surface area contributed by atoms with Crippen molar-refractivity contribution < 1.29 is 37.8 Å². The third-order valence-electron chi connectivity index (χ3n) is 2.02. The second-order valence-corrected chi connectivity index (χ2v) is 6.59. The zero-order valence-electron chi connectivity index (χ0n) is 10.1. The molecule has 18 heavy (non-hydrogen) atoms. The van der Waals surface area contributed by atoms with E-state index in [1.807, 2.05) is 0 Å². The van der Waals surface area contributed by atoms with Crippen molar-refractivity contribution in [3.8, 4) is 0 Å². The van der Waals surface area contributed by atoms with Crippen molar-refractivity contribution in [2.75, 3.05) is 0 Å². The summed E-state index contributed by atoms with van der Waals surface area (Å²) in [5.74, 6) is 0. The maximum absolute atomic E-state index is 11.0. The average Bonchev–Trinajstić information content (AvgIpc) is 2.12. The van der Waals surface area contributed by atoms with E-state index in [0.29, 0.717) is 6.42 Å². The average molecular weight is 306 g/mol. The maximum atomic E-state index is 11.0. The van der Waals surface area contributed by atoms with Gasteiger partial charge in [0.25, 0.3) is 0 Å². The van der Waals surface area contributed by atoms with Crippen LogP contribution in [0.5, 0.6) is 0 Å². The number of phosphoric ester groups is 1. The van der Waals surface area contributed by atoms with Crippen LogP contribution in [0, 0.1) is 0 Å². The Morgan fingerprint density at radius 1 is 1.06 bits per heavy atom. The van der Waals surface area contributed by atoms with E-state index in [9.17, 15) is 14.2 Å². The zero-order valence-corrected chi connectivity index (χ0v) is 11.9. The molecule has 4 N–H and O–H groups in total. The number of phosphoric acid groups is 2. The molecule has 0 radical (unpaired) electrons. The number of hydrogen-bond acceptors (Lipinski definition) is 5. The third-order valence-corrected chi connectivity index (χ3v) is 4.21. The molecular formula is C8H20O8P2. The molecule has 0 aliphatic carbocycles. The van der Waals surface area contributed by atoms with Crippen molar-refractivity contribution in [2.24, 2.45) is 0 Å². The van der Waals surface area contributed by atoms with E-state index < -0.39 is 21.9 Å². The molecule has 0 saturated heterocycles. The van der Waals surface area contributed by atoms with Gasteiger partial charge in [0.05, 0.1) is 0 Å². The zero-order chi connectivity index (χ0) is 14.2. The Labute approximate surface area is 106 Å². The van der Waals surface area contributed by atoms with Gasteiger partial charge in [-0.25, -0.2) is 9.13 Å². The Morgan fingerprint density at radius 2 is 1.61 bits per heavy atom. The number of hydrogen-bond donors (Lipinski definition) is 4. The van der Waals surface area contributed by atoms with E-state index in [1.165, 1.54) is 0 Å². The number of rotatable bonds is 10. The quantitative estimate of drug-likeness (QED) is 0.273. The predicted octanol–water partition coefficient (Wildman–Crippen LogP) is 1.89. The highest BCUT2D eigenvalue weighted by Crippen LogP contribution is 2.58. The van der Waals surface area contributed by atoms with Crippen LogP contribution < -0.4 is 0 Å². The third kappa shape index (κ3) is 11.3. The molecule has 0 aromatic carbocycles. The lowest BCUT2D eigenvalue weighted by Crippen LogP contribution is -2.10. The van der Waals surface area contributed by atoms with E-state index in [2.05, 4.69) is 15.8 Å². The molecule has 0 aromatic rings. The lowest BCUT2D eigenvalue weighted by atomic mass is 10.1. The normalized spacial score (nSPS) is 17.4. The molecule has 0 fully saturated rings. The van der Waals surface area contributed by atoms with Crippen LogP contribution in [-0.2, 0) is 18.0 Å². The SMILES string of the molecule is CCCCCCCC(O)OP(=O)(O)OP(=O)(O)O. The van der Waals surface area contributed by atoms with Gasteiger partial charge < -0.3 is 19.8 Å². The van der Waals surface area contributed by atoms with Crippen LogP contribution in [0.25, 0.3) is 0 Å². The molecule has 0 aliphatic rings. The van der Waals surface area contributed by atoms with Crippen LogP contribution in [0.4, 0.5) is 0 Å². The van der Waals surface area contributed by atoms with Crippen LogP contribution in [0.15, 0.2) is 0 Å². The Balaban J connectivity index is 3.89. The summed E-state index contributed by atoms with van der Waals surface area (Å²) < 4.78 is 29.1. The molecule has 0 heterocycles. The summed E-state index contributed by atoms with van der Waals surface area (Å²) >= 11 is 0. The summed E-state index contributed by atoms with van der Waals surface area (Å²) in [5.41, 5.74) is 0. The van der Waals surface area contributed by atoms with Crippen LogP contribution in [0.3, 0.4) is 0 Å². The molecule has 0 saturated carbocycles. The molecule has 0 amide bonds. The number of unbranched alkanes of at least 4 members (excludes halogenated alkanes) is 4. The first-order valence-corrected chi connectivity index (χ1v) is 8.65. The minimum Gasteiger partial charge on any atom is -0.367 e. The highest BCUT2D eigenvalue weighted by atomic mass is 31.3. The van der Waals surface area contributed by atoms with Gasteiger partial charge in [0.2, 0.25) is 0 Å². The fraction of sp³-hybridized carbons (Fsp3) is 1.00. The van der Waals surface area contributed by atoms with Crippen molar-refractivity contribution >= 4 is 15.6 Å². The summed E-state index contributed by atoms with van der Waals surface area (Å²) in [6, 6.07) is 0. The van der Waals surface area contributed by atoms with Gasteiger partial charge in [-0.15, -0.1) is 0 Å². The van der Waals surface area contributed by atoms with Crippen molar-refractivity contribution in [1.82, 2.24) is 0 Å². The fourth-order valence-corrected chi connectivity index (χ4v) is 2.92. The monoisotopic (exact) mass is 306 g/mol. The van der Waals surface area contributed by atoms with Gasteiger partial charge in [-0.1, -0.05) is 32.6 Å². The van der Waals surface area contributed by atoms with Crippen LogP contribution >= 0.6 is 15.6 Å². The molecule has 2 unspecified atom stereocenters. The number of aliphatic hydroxyl groups excluding tert-OH is 1. The van der Waals surface area contributed by atoms with E-state index in [-0.39, 0.29) is 6.42 Å². The first kappa shape index (κ1) is 18.2. The van der Waals surface area contributed by atoms with Crippen molar-refractivity contribution in [3.05, 3.63) is 0 Å². The van der Waals surface area contributed by atoms with E-state index >= 15 is 0 Å². The first-order chi connectivity index (χ1) is 8.16. The predicted molar refractivity (Wildman–Crippen MR) is 63.4 cm³/mol. The van der Waals surface area contributed by atoms with Gasteiger partial charge in [0, 0.05) is 0 Å². The molecule has 0 aromatic heterocycles. The highest BCUT2D eigenvalue weighted by Gasteiger charge is 2.34. The Kier molecular flexibility index (Phi) is 8.51. The minimum atomic E-state index is -5.13. The van der Waals surface area contributed by atoms with Crippen LogP contribution in [0.2, 0.25) is 0 Å². The molecule has 0 aliphatic heterocycles. The lowest BCUT2D eigenvalue weighted by molar-refractivity contribution is -0.0422. The van der Waals surface area contributed by atoms with Crippen LogP contribution in [0.1, 0.15) is 45.4 Å². The van der Waals surface area contributed by atoms with Gasteiger partial charge >= 0.3 is 15.6 Å². The summed E-state index contributed by atoms with van der Waals surface area (Å²) in [7, 11) is -10.1. The molecular weight excluding hydrogens is 286 g/mol. The van der Waals surface area contributed by atoms with Crippen molar-refractivity contribution in [1.29, 1.82) is 0 Å². The maximum Gasteiger partial charge on any atom is 0.483 e. The Morgan fingerprint density at radius 3 is 2.11 bits per heavy atom. The van der Waals surface area contributed by atoms with Gasteiger partial charge in [0.1, 0.15) is 0 Å². The second kappa shape index (κ2) is 8.40. The topological polar surface area (TPSA) is 134 Å². The smallest absolute Gasteiger partial charge is 0.367 e. The summed E-state index contributed by atoms with van der Waals surface area (Å²) in [6.45, 7) is 2.05. The van der Waals surface area contributed by atoms with Gasteiger partial charge in [-0.05, 0) is 12.8 Å². The highest BCUT2D eigenvalue weighted by molar-refractivity contribution is 7.60. The largest absolute Gasteiger partial charge is 0.483 e. The summed E-state index contributed by atoms with van der Waals surface area (Å²) in [4.78, 5) is 25.6. The molecule has 8 nitrogen and oxygen atoms in total. The van der Waals surface area contributed by atoms with Gasteiger partial charge in [-0.3, -0.25) is 4.52 Å². The fourth-order valence-electron chi connectivity index (χ4n) is 1.28. The Hall–Kier alpha value is 0.220. The molecule has 0 rings (SSSR count). The van der Waals surface area contributed by atoms with E-state index in [0.717, 1.165) is 25.7 Å². The Bertz CT molecular complexity index is 314. The van der Waals surface area contributed by atoms with Crippen molar-refractivity contribution in [2.45, 2.75) is 51.7 Å². The summed E-state index contributed by atoms with van der Waals surface area (Å²) in [5, 5.41) is 9.25. The lowest BCUT2D eigenvalue weighted by Gasteiger charge is -2.16. The molecule has 0 bridgehead atoms. The van der Waals surface area contributed by atoms with E-state index in [4.69, 9.17) is 14.7 Å².